The highest BCUT2D eigenvalue weighted by atomic mass is 31.2. The van der Waals surface area contributed by atoms with Crippen molar-refractivity contribution in [2.75, 3.05) is 13.3 Å². The second-order valence-corrected chi connectivity index (χ2v) is 8.68. The van der Waals surface area contributed by atoms with Crippen LogP contribution in [0, 0.1) is 0 Å². The van der Waals surface area contributed by atoms with Crippen LogP contribution in [0.3, 0.4) is 0 Å². The van der Waals surface area contributed by atoms with Gasteiger partial charge in [-0.05, 0) is 6.92 Å². The molecule has 0 radical (unpaired) electrons. The number of hydrogen-bond donors (Lipinski definition) is 5. The standard InChI is InChI=1S/C11H19N5O9P2/c1-11(12)9-10(13-4-15-11)16(5-14-9)8-2-6(25-27(20,21)22)7(24-8)3-23-26(17,18)19/h4,6-8H,2-3,5,12H2,1H3,(H2,17,18,19)(H2,20,21,22)/t6-,7+,8+,11?/m0/s1. The molecule has 14 nitrogen and oxygen atoms in total. The van der Waals surface area contributed by atoms with Crippen LogP contribution in [0.15, 0.2) is 15.0 Å². The summed E-state index contributed by atoms with van der Waals surface area (Å²) >= 11 is 0. The smallest absolute Gasteiger partial charge is 0.350 e. The minimum absolute atomic E-state index is 0.0272. The van der Waals surface area contributed by atoms with E-state index < -0.39 is 46.4 Å². The van der Waals surface area contributed by atoms with Gasteiger partial charge in [0.15, 0.2) is 11.5 Å². The lowest BCUT2D eigenvalue weighted by Gasteiger charge is -2.29. The van der Waals surface area contributed by atoms with Gasteiger partial charge >= 0.3 is 15.6 Å². The first-order valence-corrected chi connectivity index (χ1v) is 10.7. The first-order chi connectivity index (χ1) is 12.4. The van der Waals surface area contributed by atoms with Gasteiger partial charge < -0.3 is 34.9 Å². The van der Waals surface area contributed by atoms with Crippen LogP contribution < -0.4 is 5.73 Å². The van der Waals surface area contributed by atoms with Gasteiger partial charge in [0.05, 0.1) is 6.61 Å². The number of phosphoric ester groups is 2. The fraction of sp³-hybridized carbons (Fsp3) is 0.727. The summed E-state index contributed by atoms with van der Waals surface area (Å²) in [5.41, 5.74) is 5.40. The summed E-state index contributed by atoms with van der Waals surface area (Å²) in [6.07, 6.45) is -1.84. The normalized spacial score (nSPS) is 33.9. The summed E-state index contributed by atoms with van der Waals surface area (Å²) in [6.45, 7) is 1.13. The molecular formula is C11H19N5O9P2. The predicted molar refractivity (Wildman–Crippen MR) is 90.9 cm³/mol. The van der Waals surface area contributed by atoms with Crippen molar-refractivity contribution in [2.24, 2.45) is 20.7 Å². The molecule has 3 aliphatic heterocycles. The molecule has 0 spiro atoms. The number of phosphoric acid groups is 2. The number of hydrogen-bond acceptors (Lipinski definition) is 10. The Morgan fingerprint density at radius 1 is 1.37 bits per heavy atom. The van der Waals surface area contributed by atoms with Crippen molar-refractivity contribution in [3.63, 3.8) is 0 Å². The molecule has 152 valence electrons. The zero-order valence-electron chi connectivity index (χ0n) is 14.0. The number of rotatable bonds is 6. The molecule has 6 N–H and O–H groups in total. The van der Waals surface area contributed by atoms with Crippen molar-refractivity contribution in [3.8, 4) is 0 Å². The topological polar surface area (TPSA) is 209 Å². The minimum atomic E-state index is -4.87. The van der Waals surface area contributed by atoms with Gasteiger partial charge in [0.2, 0.25) is 0 Å². The van der Waals surface area contributed by atoms with Crippen LogP contribution >= 0.6 is 15.6 Å². The Balaban J connectivity index is 1.76. The molecule has 4 atom stereocenters. The maximum Gasteiger partial charge on any atom is 0.469 e. The van der Waals surface area contributed by atoms with E-state index in [1.165, 1.54) is 6.34 Å². The molecule has 1 saturated heterocycles. The molecule has 0 bridgehead atoms. The number of ether oxygens (including phenoxy) is 1. The van der Waals surface area contributed by atoms with Gasteiger partial charge in [-0.25, -0.2) is 19.1 Å². The highest BCUT2D eigenvalue weighted by Crippen LogP contribution is 2.44. The number of amidine groups is 1. The van der Waals surface area contributed by atoms with Crippen molar-refractivity contribution in [2.45, 2.75) is 37.4 Å². The van der Waals surface area contributed by atoms with Crippen LogP contribution in [0.2, 0.25) is 0 Å². The lowest BCUT2D eigenvalue weighted by molar-refractivity contribution is -0.0544. The highest BCUT2D eigenvalue weighted by Gasteiger charge is 2.47. The Hall–Kier alpha value is -1.05. The average molecular weight is 427 g/mol. The van der Waals surface area contributed by atoms with Gasteiger partial charge in [0.1, 0.15) is 37.2 Å². The Bertz CT molecular complexity index is 787. The van der Waals surface area contributed by atoms with Crippen molar-refractivity contribution >= 4 is 33.5 Å². The summed E-state index contributed by atoms with van der Waals surface area (Å²) in [4.78, 5) is 49.9. The molecule has 27 heavy (non-hydrogen) atoms. The fourth-order valence-corrected chi connectivity index (χ4v) is 3.85. The van der Waals surface area contributed by atoms with Gasteiger partial charge in [-0.15, -0.1) is 0 Å². The van der Waals surface area contributed by atoms with Crippen LogP contribution in [-0.4, -0.2) is 79.7 Å². The SMILES string of the molecule is CC1(N)N=CN=C2C1=NCN2[C@H]1C[C@H](OP(=O)(O)O)[C@@H](COP(=O)(O)O)O1. The molecule has 16 heteroatoms. The summed E-state index contributed by atoms with van der Waals surface area (Å²) in [5.74, 6) is 0.395. The first kappa shape index (κ1) is 20.7. The van der Waals surface area contributed by atoms with E-state index in [4.69, 9.17) is 34.6 Å². The summed E-state index contributed by atoms with van der Waals surface area (Å²) in [7, 11) is -9.68. The highest BCUT2D eigenvalue weighted by molar-refractivity contribution is 7.46. The molecule has 1 unspecified atom stereocenters. The molecule has 3 heterocycles. The van der Waals surface area contributed by atoms with E-state index >= 15 is 0 Å². The molecule has 3 rings (SSSR count). The quantitative estimate of drug-likeness (QED) is 0.309. The van der Waals surface area contributed by atoms with E-state index in [-0.39, 0.29) is 13.1 Å². The van der Waals surface area contributed by atoms with Crippen molar-refractivity contribution < 1.29 is 42.5 Å². The molecule has 0 aromatic carbocycles. The number of nitrogens with zero attached hydrogens (tertiary/aromatic N) is 4. The van der Waals surface area contributed by atoms with Gasteiger partial charge in [0, 0.05) is 6.42 Å². The maximum atomic E-state index is 11.2. The summed E-state index contributed by atoms with van der Waals surface area (Å²) < 4.78 is 36.9. The Labute approximate surface area is 153 Å². The van der Waals surface area contributed by atoms with Crippen molar-refractivity contribution in [1.29, 1.82) is 0 Å². The second-order valence-electron chi connectivity index (χ2n) is 6.25. The van der Waals surface area contributed by atoms with Crippen LogP contribution in [0.4, 0.5) is 0 Å². The molecular weight excluding hydrogens is 408 g/mol. The van der Waals surface area contributed by atoms with E-state index in [1.54, 1.807) is 11.8 Å². The molecule has 0 aromatic rings. The third-order valence-electron chi connectivity index (χ3n) is 4.06. The number of fused-ring (bicyclic) bond motifs is 1. The van der Waals surface area contributed by atoms with Gasteiger partial charge in [-0.1, -0.05) is 0 Å². The van der Waals surface area contributed by atoms with Crippen LogP contribution in [-0.2, 0) is 22.9 Å². The third-order valence-corrected chi connectivity index (χ3v) is 5.09. The Kier molecular flexibility index (Phi) is 5.42. The molecule has 3 aliphatic rings. The number of nitrogens with two attached hydrogens (primary N) is 1. The average Bonchev–Trinajstić information content (AvgIpc) is 3.07. The third kappa shape index (κ3) is 4.87. The monoisotopic (exact) mass is 427 g/mol. The van der Waals surface area contributed by atoms with Crippen molar-refractivity contribution in [1.82, 2.24) is 4.90 Å². The summed E-state index contributed by atoms with van der Waals surface area (Å²) in [5, 5.41) is 0. The van der Waals surface area contributed by atoms with E-state index in [1.807, 2.05) is 0 Å². The van der Waals surface area contributed by atoms with E-state index in [9.17, 15) is 9.13 Å². The largest absolute Gasteiger partial charge is 0.469 e. The zero-order chi connectivity index (χ0) is 20.0. The summed E-state index contributed by atoms with van der Waals surface area (Å²) in [6, 6.07) is 0. The van der Waals surface area contributed by atoms with E-state index in [2.05, 4.69) is 19.5 Å². The van der Waals surface area contributed by atoms with Gasteiger partial charge in [-0.2, -0.15) is 0 Å². The van der Waals surface area contributed by atoms with Crippen LogP contribution in [0.5, 0.6) is 0 Å². The fourth-order valence-electron chi connectivity index (χ4n) is 2.94. The molecule has 1 fully saturated rings. The molecule has 0 saturated carbocycles. The lowest BCUT2D eigenvalue weighted by atomic mass is 10.1. The lowest BCUT2D eigenvalue weighted by Crippen LogP contribution is -2.52. The van der Waals surface area contributed by atoms with Gasteiger partial charge in [-0.3, -0.25) is 14.0 Å². The van der Waals surface area contributed by atoms with Crippen LogP contribution in [0.25, 0.3) is 0 Å². The van der Waals surface area contributed by atoms with Crippen molar-refractivity contribution in [3.05, 3.63) is 0 Å². The molecule has 0 amide bonds. The molecule has 0 aliphatic carbocycles. The van der Waals surface area contributed by atoms with Gasteiger partial charge in [0.25, 0.3) is 0 Å². The Morgan fingerprint density at radius 2 is 2.07 bits per heavy atom. The second kappa shape index (κ2) is 7.08. The minimum Gasteiger partial charge on any atom is -0.350 e. The van der Waals surface area contributed by atoms with E-state index in [0.717, 1.165) is 0 Å². The first-order valence-electron chi connectivity index (χ1n) is 7.67. The predicted octanol–water partition coefficient (Wildman–Crippen LogP) is -1.48. The molecule has 0 aromatic heterocycles. The number of aliphatic imine (C=N–C) groups is 3. The van der Waals surface area contributed by atoms with Crippen LogP contribution in [0.1, 0.15) is 13.3 Å². The van der Waals surface area contributed by atoms with E-state index in [0.29, 0.717) is 11.5 Å². The Morgan fingerprint density at radius 3 is 2.70 bits per heavy atom. The zero-order valence-corrected chi connectivity index (χ0v) is 15.8. The maximum absolute atomic E-state index is 11.2.